The third-order valence-electron chi connectivity index (χ3n) is 7.46. The van der Waals surface area contributed by atoms with E-state index in [1.54, 1.807) is 6.07 Å². The number of amides is 1. The summed E-state index contributed by atoms with van der Waals surface area (Å²) in [6.45, 7) is 8.12. The van der Waals surface area contributed by atoms with Crippen molar-refractivity contribution >= 4 is 5.91 Å². The van der Waals surface area contributed by atoms with Crippen LogP contribution in [0.4, 0.5) is 0 Å². The lowest BCUT2D eigenvalue weighted by molar-refractivity contribution is -0.137. The number of likely N-dealkylation sites (tertiary alicyclic amines) is 2. The zero-order valence-electron chi connectivity index (χ0n) is 18.9. The summed E-state index contributed by atoms with van der Waals surface area (Å²) in [5.74, 6) is 1.16. The zero-order valence-corrected chi connectivity index (χ0v) is 18.9. The minimum atomic E-state index is 0.0330. The van der Waals surface area contributed by atoms with E-state index in [0.29, 0.717) is 23.7 Å². The molecule has 1 aliphatic carbocycles. The maximum Gasteiger partial charge on any atom is 0.223 e. The molecule has 1 aromatic carbocycles. The normalized spacial score (nSPS) is 28.6. The topological polar surface area (TPSA) is 53.0 Å². The predicted molar refractivity (Wildman–Crippen MR) is 119 cm³/mol. The van der Waals surface area contributed by atoms with Crippen molar-refractivity contribution in [1.29, 1.82) is 0 Å². The van der Waals surface area contributed by atoms with Crippen LogP contribution in [-0.2, 0) is 11.3 Å². The summed E-state index contributed by atoms with van der Waals surface area (Å²) >= 11 is 0. The van der Waals surface area contributed by atoms with Gasteiger partial charge in [0.1, 0.15) is 0 Å². The Bertz CT molecular complexity index is 759. The molecule has 4 rings (SSSR count). The van der Waals surface area contributed by atoms with Gasteiger partial charge in [-0.15, -0.1) is 0 Å². The Morgan fingerprint density at radius 2 is 1.97 bits per heavy atom. The van der Waals surface area contributed by atoms with E-state index in [-0.39, 0.29) is 17.4 Å². The molecule has 5 heteroatoms. The molecule has 1 aromatic rings. The Balaban J connectivity index is 1.45. The van der Waals surface area contributed by atoms with Gasteiger partial charge < -0.3 is 14.7 Å². The molecule has 0 radical (unpaired) electrons. The van der Waals surface area contributed by atoms with Gasteiger partial charge in [0.05, 0.1) is 6.10 Å². The highest BCUT2D eigenvalue weighted by Crippen LogP contribution is 2.45. The molecule has 1 amide bonds. The van der Waals surface area contributed by atoms with Crippen LogP contribution in [0.3, 0.4) is 0 Å². The van der Waals surface area contributed by atoms with Crippen LogP contribution in [0.1, 0.15) is 84.1 Å². The predicted octanol–water partition coefficient (Wildman–Crippen LogP) is 4.86. The number of ether oxygens (including phenoxy) is 1. The van der Waals surface area contributed by atoms with Crippen molar-refractivity contribution in [2.45, 2.75) is 109 Å². The number of carbonyl (C=O) groups excluding carboxylic acids is 1. The van der Waals surface area contributed by atoms with Crippen LogP contribution in [0.15, 0.2) is 18.2 Å². The second-order valence-corrected chi connectivity index (χ2v) is 10.0. The van der Waals surface area contributed by atoms with E-state index in [2.05, 4.69) is 16.7 Å². The van der Waals surface area contributed by atoms with E-state index >= 15 is 0 Å². The average molecular weight is 415 g/mol. The van der Waals surface area contributed by atoms with E-state index in [9.17, 15) is 9.90 Å². The van der Waals surface area contributed by atoms with Crippen molar-refractivity contribution in [3.05, 3.63) is 23.8 Å². The molecule has 166 valence electrons. The molecule has 0 bridgehead atoms. The lowest BCUT2D eigenvalue weighted by Gasteiger charge is -2.51. The standard InChI is InChI=1S/C25H38N2O3/c1-18(2)30-23-15-20(9-10-22(23)28)17-26-14-13-25(16-19(26)3)12-11-24(29)27(25)21-7-5-4-6-8-21/h9-10,15,18-19,21,28H,4-8,11-14,16-17H2,1-3H3/t19-,25+/m0/s1. The van der Waals surface area contributed by atoms with Crippen LogP contribution in [0.2, 0.25) is 0 Å². The number of hydrogen-bond donors (Lipinski definition) is 1. The van der Waals surface area contributed by atoms with Gasteiger partial charge in [0, 0.05) is 37.1 Å². The van der Waals surface area contributed by atoms with Gasteiger partial charge in [-0.2, -0.15) is 0 Å². The zero-order chi connectivity index (χ0) is 21.3. The maximum atomic E-state index is 12.9. The number of aromatic hydroxyl groups is 1. The first-order valence-corrected chi connectivity index (χ1v) is 11.9. The van der Waals surface area contributed by atoms with Crippen LogP contribution in [0.25, 0.3) is 0 Å². The van der Waals surface area contributed by atoms with Gasteiger partial charge >= 0.3 is 0 Å². The molecule has 2 saturated heterocycles. The van der Waals surface area contributed by atoms with E-state index in [4.69, 9.17) is 4.74 Å². The smallest absolute Gasteiger partial charge is 0.223 e. The minimum Gasteiger partial charge on any atom is -0.504 e. The number of phenolic OH excluding ortho intramolecular Hbond substituents is 1. The summed E-state index contributed by atoms with van der Waals surface area (Å²) in [4.78, 5) is 17.7. The minimum absolute atomic E-state index is 0.0330. The second-order valence-electron chi connectivity index (χ2n) is 10.0. The Morgan fingerprint density at radius 1 is 1.20 bits per heavy atom. The quantitative estimate of drug-likeness (QED) is 0.748. The highest BCUT2D eigenvalue weighted by Gasteiger charge is 2.51. The van der Waals surface area contributed by atoms with Gasteiger partial charge in [-0.3, -0.25) is 9.69 Å². The van der Waals surface area contributed by atoms with Gasteiger partial charge in [-0.05, 0) is 70.6 Å². The Kier molecular flexibility index (Phi) is 6.29. The first-order chi connectivity index (χ1) is 14.4. The second kappa shape index (κ2) is 8.78. The number of nitrogens with zero attached hydrogens (tertiary/aromatic N) is 2. The molecule has 2 atom stereocenters. The highest BCUT2D eigenvalue weighted by atomic mass is 16.5. The van der Waals surface area contributed by atoms with Crippen molar-refractivity contribution in [2.75, 3.05) is 6.54 Å². The van der Waals surface area contributed by atoms with Crippen LogP contribution in [-0.4, -0.2) is 51.1 Å². The van der Waals surface area contributed by atoms with Crippen molar-refractivity contribution in [3.63, 3.8) is 0 Å². The molecule has 3 fully saturated rings. The molecular formula is C25H38N2O3. The summed E-state index contributed by atoms with van der Waals surface area (Å²) in [6, 6.07) is 6.61. The molecule has 0 aromatic heterocycles. The third-order valence-corrected chi connectivity index (χ3v) is 7.46. The largest absolute Gasteiger partial charge is 0.504 e. The van der Waals surface area contributed by atoms with Gasteiger partial charge in [-0.1, -0.05) is 25.3 Å². The lowest BCUT2D eigenvalue weighted by Crippen LogP contribution is -2.58. The van der Waals surface area contributed by atoms with Crippen LogP contribution in [0.5, 0.6) is 11.5 Å². The molecule has 3 aliphatic rings. The fourth-order valence-corrected chi connectivity index (χ4v) is 6.05. The first-order valence-electron chi connectivity index (χ1n) is 11.9. The summed E-state index contributed by atoms with van der Waals surface area (Å²) in [6.07, 6.45) is 10.2. The van der Waals surface area contributed by atoms with Gasteiger partial charge in [0.2, 0.25) is 5.91 Å². The Labute approximate surface area is 181 Å². The summed E-state index contributed by atoms with van der Waals surface area (Å²) < 4.78 is 5.76. The summed E-state index contributed by atoms with van der Waals surface area (Å²) in [5, 5.41) is 10.1. The van der Waals surface area contributed by atoms with E-state index < -0.39 is 0 Å². The molecule has 0 unspecified atom stereocenters. The molecule has 1 spiro atoms. The van der Waals surface area contributed by atoms with Crippen LogP contribution < -0.4 is 4.74 Å². The van der Waals surface area contributed by atoms with Gasteiger partial charge in [0.15, 0.2) is 11.5 Å². The molecule has 1 N–H and O–H groups in total. The van der Waals surface area contributed by atoms with Crippen molar-refractivity contribution in [1.82, 2.24) is 9.80 Å². The first kappa shape index (κ1) is 21.5. The third kappa shape index (κ3) is 4.32. The highest BCUT2D eigenvalue weighted by molar-refractivity contribution is 5.80. The summed E-state index contributed by atoms with van der Waals surface area (Å²) in [7, 11) is 0. The number of hydrogen-bond acceptors (Lipinski definition) is 4. The van der Waals surface area contributed by atoms with Crippen LogP contribution >= 0.6 is 0 Å². The van der Waals surface area contributed by atoms with E-state index in [1.807, 2.05) is 26.0 Å². The van der Waals surface area contributed by atoms with Crippen LogP contribution in [0, 0.1) is 0 Å². The number of carbonyl (C=O) groups is 1. The maximum absolute atomic E-state index is 12.9. The number of piperidine rings is 1. The lowest BCUT2D eigenvalue weighted by atomic mass is 9.79. The molecule has 2 heterocycles. The molecule has 2 aliphatic heterocycles. The van der Waals surface area contributed by atoms with Crippen molar-refractivity contribution < 1.29 is 14.6 Å². The van der Waals surface area contributed by atoms with Crippen molar-refractivity contribution in [2.24, 2.45) is 0 Å². The van der Waals surface area contributed by atoms with Crippen molar-refractivity contribution in [3.8, 4) is 11.5 Å². The molecule has 1 saturated carbocycles. The fraction of sp³-hybridized carbons (Fsp3) is 0.720. The van der Waals surface area contributed by atoms with E-state index in [1.165, 1.54) is 32.1 Å². The fourth-order valence-electron chi connectivity index (χ4n) is 6.05. The molecule has 5 nitrogen and oxygen atoms in total. The SMILES string of the molecule is CC(C)Oc1cc(CN2CC[C@]3(CCC(=O)N3C3CCCCC3)C[C@@H]2C)ccc1O. The Hall–Kier alpha value is -1.75. The number of phenols is 1. The number of benzene rings is 1. The monoisotopic (exact) mass is 414 g/mol. The van der Waals surface area contributed by atoms with Gasteiger partial charge in [0.25, 0.3) is 0 Å². The Morgan fingerprint density at radius 3 is 2.67 bits per heavy atom. The molecule has 30 heavy (non-hydrogen) atoms. The summed E-state index contributed by atoms with van der Waals surface area (Å²) in [5.41, 5.74) is 1.24. The molecular weight excluding hydrogens is 376 g/mol. The average Bonchev–Trinajstić information content (AvgIpc) is 3.02. The number of rotatable bonds is 5. The van der Waals surface area contributed by atoms with E-state index in [0.717, 1.165) is 44.3 Å². The van der Waals surface area contributed by atoms with Gasteiger partial charge in [-0.25, -0.2) is 0 Å².